The molecule has 20 heavy (non-hydrogen) atoms. The Bertz CT molecular complexity index is 455. The van der Waals surface area contributed by atoms with Crippen LogP contribution in [0.15, 0.2) is 16.6 Å². The van der Waals surface area contributed by atoms with Gasteiger partial charge in [-0.1, -0.05) is 36.7 Å². The zero-order chi connectivity index (χ0) is 14.6. The lowest BCUT2D eigenvalue weighted by molar-refractivity contribution is 0.244. The van der Waals surface area contributed by atoms with Crippen LogP contribution in [0.5, 0.6) is 5.75 Å². The fourth-order valence-electron chi connectivity index (χ4n) is 3.08. The number of halogens is 1. The molecule has 1 aromatic carbocycles. The van der Waals surface area contributed by atoms with Crippen LogP contribution in [0.3, 0.4) is 0 Å². The molecular weight excluding hydrogens is 314 g/mol. The molecule has 1 aliphatic heterocycles. The van der Waals surface area contributed by atoms with Crippen molar-refractivity contribution in [1.82, 2.24) is 5.32 Å². The van der Waals surface area contributed by atoms with Gasteiger partial charge in [-0.2, -0.15) is 0 Å². The predicted octanol–water partition coefficient (Wildman–Crippen LogP) is 4.34. The molecule has 0 amide bonds. The van der Waals surface area contributed by atoms with E-state index in [2.05, 4.69) is 54.2 Å². The number of nitrogens with one attached hydrogen (secondary N) is 1. The van der Waals surface area contributed by atoms with E-state index >= 15 is 0 Å². The molecule has 0 bridgehead atoms. The topological polar surface area (TPSA) is 21.3 Å². The minimum absolute atomic E-state index is 0.330. The van der Waals surface area contributed by atoms with Crippen molar-refractivity contribution in [1.29, 1.82) is 0 Å². The third-order valence-corrected chi connectivity index (χ3v) is 5.10. The molecule has 0 saturated carbocycles. The Balaban J connectivity index is 2.27. The Kier molecular flexibility index (Phi) is 5.50. The van der Waals surface area contributed by atoms with E-state index in [-0.39, 0.29) is 0 Å². The standard InChI is InChI=1S/C17H26BrNO/c1-4-17(5-2,12-19-6-3)11-14-10-15(18)9-13-7-8-20-16(13)14/h9-10,19H,4-8,11-12H2,1-3H3. The van der Waals surface area contributed by atoms with Gasteiger partial charge in [0.2, 0.25) is 0 Å². The summed E-state index contributed by atoms with van der Waals surface area (Å²) in [4.78, 5) is 0. The van der Waals surface area contributed by atoms with Gasteiger partial charge in [0.25, 0.3) is 0 Å². The lowest BCUT2D eigenvalue weighted by atomic mass is 9.76. The van der Waals surface area contributed by atoms with Gasteiger partial charge in [-0.3, -0.25) is 0 Å². The highest BCUT2D eigenvalue weighted by Crippen LogP contribution is 2.39. The van der Waals surface area contributed by atoms with E-state index < -0.39 is 0 Å². The van der Waals surface area contributed by atoms with Crippen LogP contribution in [0, 0.1) is 5.41 Å². The van der Waals surface area contributed by atoms with Gasteiger partial charge in [-0.25, -0.2) is 0 Å². The van der Waals surface area contributed by atoms with Crippen LogP contribution in [-0.4, -0.2) is 19.7 Å². The normalized spacial score (nSPS) is 14.2. The zero-order valence-electron chi connectivity index (χ0n) is 12.9. The Labute approximate surface area is 131 Å². The first-order valence-corrected chi connectivity index (χ1v) is 8.58. The second kappa shape index (κ2) is 6.95. The van der Waals surface area contributed by atoms with Crippen molar-refractivity contribution in [2.45, 2.75) is 46.5 Å². The molecule has 0 atom stereocenters. The van der Waals surface area contributed by atoms with E-state index in [0.29, 0.717) is 5.41 Å². The fraction of sp³-hybridized carbons (Fsp3) is 0.647. The average Bonchev–Trinajstić information content (AvgIpc) is 2.91. The predicted molar refractivity (Wildman–Crippen MR) is 88.6 cm³/mol. The lowest BCUT2D eigenvalue weighted by Gasteiger charge is -2.33. The van der Waals surface area contributed by atoms with Crippen molar-refractivity contribution in [3.63, 3.8) is 0 Å². The summed E-state index contributed by atoms with van der Waals surface area (Å²) in [5, 5.41) is 3.54. The van der Waals surface area contributed by atoms with Crippen molar-refractivity contribution in [3.05, 3.63) is 27.7 Å². The molecular formula is C17H26BrNO. The molecule has 1 heterocycles. The third kappa shape index (κ3) is 3.37. The van der Waals surface area contributed by atoms with E-state index in [0.717, 1.165) is 38.3 Å². The van der Waals surface area contributed by atoms with Gasteiger partial charge in [-0.05, 0) is 54.5 Å². The first-order valence-electron chi connectivity index (χ1n) is 7.79. The largest absolute Gasteiger partial charge is 0.493 e. The quantitative estimate of drug-likeness (QED) is 0.797. The van der Waals surface area contributed by atoms with E-state index in [4.69, 9.17) is 4.74 Å². The molecule has 0 unspecified atom stereocenters. The number of fused-ring (bicyclic) bond motifs is 1. The highest BCUT2D eigenvalue weighted by atomic mass is 79.9. The molecule has 0 aromatic heterocycles. The minimum atomic E-state index is 0.330. The van der Waals surface area contributed by atoms with E-state index in [1.165, 1.54) is 28.4 Å². The maximum atomic E-state index is 5.88. The summed E-state index contributed by atoms with van der Waals surface area (Å²) in [7, 11) is 0. The van der Waals surface area contributed by atoms with Crippen molar-refractivity contribution in [2.24, 2.45) is 5.41 Å². The van der Waals surface area contributed by atoms with Gasteiger partial charge in [0.15, 0.2) is 0 Å². The van der Waals surface area contributed by atoms with E-state index in [9.17, 15) is 0 Å². The van der Waals surface area contributed by atoms with Gasteiger partial charge in [0.05, 0.1) is 6.61 Å². The molecule has 0 saturated heterocycles. The first-order chi connectivity index (χ1) is 9.64. The lowest BCUT2D eigenvalue weighted by Crippen LogP contribution is -2.35. The summed E-state index contributed by atoms with van der Waals surface area (Å²) >= 11 is 3.65. The molecule has 2 nitrogen and oxygen atoms in total. The Morgan fingerprint density at radius 2 is 2.00 bits per heavy atom. The molecule has 1 aliphatic rings. The number of hydrogen-bond donors (Lipinski definition) is 1. The third-order valence-electron chi connectivity index (χ3n) is 4.64. The molecule has 0 spiro atoms. The van der Waals surface area contributed by atoms with Crippen LogP contribution in [0.25, 0.3) is 0 Å². The SMILES string of the molecule is CCNCC(CC)(CC)Cc1cc(Br)cc2c1OCC2. The second-order valence-electron chi connectivity index (χ2n) is 5.82. The zero-order valence-corrected chi connectivity index (χ0v) is 14.5. The number of benzene rings is 1. The van der Waals surface area contributed by atoms with Crippen LogP contribution in [0.2, 0.25) is 0 Å². The van der Waals surface area contributed by atoms with Crippen LogP contribution in [0.1, 0.15) is 44.7 Å². The molecule has 112 valence electrons. The molecule has 0 fully saturated rings. The smallest absolute Gasteiger partial charge is 0.125 e. The molecule has 3 heteroatoms. The highest BCUT2D eigenvalue weighted by Gasteiger charge is 2.29. The number of hydrogen-bond acceptors (Lipinski definition) is 2. The van der Waals surface area contributed by atoms with Crippen LogP contribution in [-0.2, 0) is 12.8 Å². The van der Waals surface area contributed by atoms with E-state index in [1.807, 2.05) is 0 Å². The molecule has 1 aromatic rings. The van der Waals surface area contributed by atoms with Gasteiger partial charge in [-0.15, -0.1) is 0 Å². The summed E-state index contributed by atoms with van der Waals surface area (Å²) in [5.74, 6) is 1.15. The van der Waals surface area contributed by atoms with Gasteiger partial charge < -0.3 is 10.1 Å². The summed E-state index contributed by atoms with van der Waals surface area (Å²) < 4.78 is 7.06. The Morgan fingerprint density at radius 3 is 2.65 bits per heavy atom. The molecule has 0 radical (unpaired) electrons. The molecule has 2 rings (SSSR count). The Morgan fingerprint density at radius 1 is 1.25 bits per heavy atom. The maximum absolute atomic E-state index is 5.88. The number of ether oxygens (including phenoxy) is 1. The summed E-state index contributed by atoms with van der Waals surface area (Å²) in [5.41, 5.74) is 3.06. The first kappa shape index (κ1) is 15.8. The van der Waals surface area contributed by atoms with Crippen LogP contribution >= 0.6 is 15.9 Å². The monoisotopic (exact) mass is 339 g/mol. The highest BCUT2D eigenvalue weighted by molar-refractivity contribution is 9.10. The maximum Gasteiger partial charge on any atom is 0.125 e. The fourth-order valence-corrected chi connectivity index (χ4v) is 3.64. The van der Waals surface area contributed by atoms with Gasteiger partial charge in [0, 0.05) is 17.4 Å². The Hall–Kier alpha value is -0.540. The van der Waals surface area contributed by atoms with Crippen LogP contribution < -0.4 is 10.1 Å². The van der Waals surface area contributed by atoms with Crippen molar-refractivity contribution < 1.29 is 4.74 Å². The number of rotatable bonds is 7. The van der Waals surface area contributed by atoms with Gasteiger partial charge >= 0.3 is 0 Å². The van der Waals surface area contributed by atoms with Crippen molar-refractivity contribution in [2.75, 3.05) is 19.7 Å². The van der Waals surface area contributed by atoms with Crippen molar-refractivity contribution >= 4 is 15.9 Å². The minimum Gasteiger partial charge on any atom is -0.493 e. The summed E-state index contributed by atoms with van der Waals surface area (Å²) in [6.45, 7) is 9.74. The molecule has 0 aliphatic carbocycles. The van der Waals surface area contributed by atoms with Gasteiger partial charge in [0.1, 0.15) is 5.75 Å². The van der Waals surface area contributed by atoms with E-state index in [1.54, 1.807) is 0 Å². The average molecular weight is 340 g/mol. The second-order valence-corrected chi connectivity index (χ2v) is 6.73. The molecule has 1 N–H and O–H groups in total. The summed E-state index contributed by atoms with van der Waals surface area (Å²) in [6, 6.07) is 4.45. The summed E-state index contributed by atoms with van der Waals surface area (Å²) in [6.07, 6.45) is 4.52. The van der Waals surface area contributed by atoms with Crippen LogP contribution in [0.4, 0.5) is 0 Å². The van der Waals surface area contributed by atoms with Crippen molar-refractivity contribution in [3.8, 4) is 5.75 Å².